The van der Waals surface area contributed by atoms with E-state index in [0.29, 0.717) is 35.9 Å². The van der Waals surface area contributed by atoms with Gasteiger partial charge in [0.05, 0.1) is 29.0 Å². The molecule has 0 unspecified atom stereocenters. The van der Waals surface area contributed by atoms with Crippen LogP contribution >= 0.6 is 11.6 Å². The number of aromatic amines is 1. The van der Waals surface area contributed by atoms with Crippen LogP contribution in [0, 0.1) is 0 Å². The van der Waals surface area contributed by atoms with Crippen molar-refractivity contribution in [3.05, 3.63) is 58.9 Å². The van der Waals surface area contributed by atoms with E-state index >= 15 is 0 Å². The van der Waals surface area contributed by atoms with E-state index in [2.05, 4.69) is 15.3 Å². The van der Waals surface area contributed by atoms with E-state index in [1.165, 1.54) is 0 Å². The molecule has 0 atom stereocenters. The van der Waals surface area contributed by atoms with Crippen LogP contribution in [0.1, 0.15) is 22.8 Å². The molecule has 0 spiro atoms. The van der Waals surface area contributed by atoms with Gasteiger partial charge in [-0.1, -0.05) is 17.7 Å². The average molecular weight is 344 g/mol. The van der Waals surface area contributed by atoms with Crippen molar-refractivity contribution in [1.29, 1.82) is 0 Å². The molecule has 124 valence electrons. The number of benzene rings is 2. The molecule has 3 aromatic rings. The summed E-state index contributed by atoms with van der Waals surface area (Å²) in [6.45, 7) is 3.03. The Morgan fingerprint density at radius 1 is 1.29 bits per heavy atom. The third-order valence-electron chi connectivity index (χ3n) is 3.68. The number of halogens is 1. The lowest BCUT2D eigenvalue weighted by molar-refractivity contribution is 0.0954. The Labute approximate surface area is 145 Å². The van der Waals surface area contributed by atoms with E-state index in [-0.39, 0.29) is 5.91 Å². The Kier molecular flexibility index (Phi) is 5.01. The van der Waals surface area contributed by atoms with Crippen molar-refractivity contribution in [2.75, 3.05) is 13.2 Å². The van der Waals surface area contributed by atoms with E-state index in [0.717, 1.165) is 16.6 Å². The molecule has 6 heteroatoms. The zero-order valence-electron chi connectivity index (χ0n) is 13.3. The Hall–Kier alpha value is -2.53. The number of nitrogens with zero attached hydrogens (tertiary/aromatic N) is 1. The van der Waals surface area contributed by atoms with Crippen LogP contribution in [0.4, 0.5) is 0 Å². The molecule has 3 rings (SSSR count). The molecule has 0 saturated heterocycles. The van der Waals surface area contributed by atoms with Crippen LogP contribution < -0.4 is 10.1 Å². The SMILES string of the molecule is CCOc1ccc(CCNC(=O)c2ccc3nc[nH]c3c2)cc1Cl. The fourth-order valence-corrected chi connectivity index (χ4v) is 2.73. The minimum atomic E-state index is -0.108. The second kappa shape index (κ2) is 7.36. The maximum atomic E-state index is 12.2. The Morgan fingerprint density at radius 3 is 2.96 bits per heavy atom. The molecule has 2 aromatic carbocycles. The highest BCUT2D eigenvalue weighted by Gasteiger charge is 2.08. The summed E-state index contributed by atoms with van der Waals surface area (Å²) in [5.74, 6) is 0.573. The number of carbonyl (C=O) groups is 1. The molecular weight excluding hydrogens is 326 g/mol. The van der Waals surface area contributed by atoms with Gasteiger partial charge in [-0.2, -0.15) is 0 Å². The van der Waals surface area contributed by atoms with Gasteiger partial charge in [-0.25, -0.2) is 4.98 Å². The second-order valence-corrected chi connectivity index (χ2v) is 5.75. The van der Waals surface area contributed by atoms with Crippen LogP contribution in [-0.2, 0) is 6.42 Å². The largest absolute Gasteiger partial charge is 0.492 e. The number of ether oxygens (including phenoxy) is 1. The van der Waals surface area contributed by atoms with Gasteiger partial charge in [-0.05, 0) is 49.2 Å². The first-order valence-electron chi connectivity index (χ1n) is 7.80. The lowest BCUT2D eigenvalue weighted by atomic mass is 10.1. The number of carbonyl (C=O) groups excluding carboxylic acids is 1. The standard InChI is InChI=1S/C18H18ClN3O2/c1-2-24-17-6-3-12(9-14(17)19)7-8-20-18(23)13-4-5-15-16(10-13)22-11-21-15/h3-6,9-11H,2,7-8H2,1H3,(H,20,23)(H,21,22). The summed E-state index contributed by atoms with van der Waals surface area (Å²) >= 11 is 6.17. The molecule has 5 nitrogen and oxygen atoms in total. The van der Waals surface area contributed by atoms with Gasteiger partial charge in [0.25, 0.3) is 5.91 Å². The first-order chi connectivity index (χ1) is 11.7. The number of aromatic nitrogens is 2. The van der Waals surface area contributed by atoms with Gasteiger partial charge in [0.2, 0.25) is 0 Å². The molecular formula is C18H18ClN3O2. The quantitative estimate of drug-likeness (QED) is 0.718. The molecule has 0 aliphatic heterocycles. The minimum absolute atomic E-state index is 0.108. The first kappa shape index (κ1) is 16.3. The van der Waals surface area contributed by atoms with Crippen LogP contribution in [0.25, 0.3) is 11.0 Å². The van der Waals surface area contributed by atoms with Gasteiger partial charge in [-0.3, -0.25) is 4.79 Å². The molecule has 24 heavy (non-hydrogen) atoms. The lowest BCUT2D eigenvalue weighted by Crippen LogP contribution is -2.25. The smallest absolute Gasteiger partial charge is 0.251 e. The lowest BCUT2D eigenvalue weighted by Gasteiger charge is -2.09. The van der Waals surface area contributed by atoms with Crippen molar-refractivity contribution in [2.45, 2.75) is 13.3 Å². The zero-order chi connectivity index (χ0) is 16.9. The van der Waals surface area contributed by atoms with Crippen molar-refractivity contribution in [3.8, 4) is 5.75 Å². The molecule has 1 aromatic heterocycles. The van der Waals surface area contributed by atoms with Crippen molar-refractivity contribution in [1.82, 2.24) is 15.3 Å². The molecule has 0 saturated carbocycles. The summed E-state index contributed by atoms with van der Waals surface area (Å²) < 4.78 is 5.41. The summed E-state index contributed by atoms with van der Waals surface area (Å²) in [5, 5.41) is 3.50. The van der Waals surface area contributed by atoms with Crippen LogP contribution in [-0.4, -0.2) is 29.0 Å². The fraction of sp³-hybridized carbons (Fsp3) is 0.222. The number of imidazole rings is 1. The topological polar surface area (TPSA) is 67.0 Å². The number of hydrogen-bond acceptors (Lipinski definition) is 3. The second-order valence-electron chi connectivity index (χ2n) is 5.34. The Bertz CT molecular complexity index is 860. The molecule has 0 radical (unpaired) electrons. The number of nitrogens with one attached hydrogen (secondary N) is 2. The first-order valence-corrected chi connectivity index (χ1v) is 8.17. The maximum Gasteiger partial charge on any atom is 0.251 e. The molecule has 0 aliphatic carbocycles. The molecule has 0 aliphatic rings. The predicted octanol–water partition coefficient (Wildman–Crippen LogP) is 3.59. The van der Waals surface area contributed by atoms with Gasteiger partial charge in [0.15, 0.2) is 0 Å². The molecule has 1 heterocycles. The average Bonchev–Trinajstić information content (AvgIpc) is 3.05. The Morgan fingerprint density at radius 2 is 2.17 bits per heavy atom. The van der Waals surface area contributed by atoms with E-state index < -0.39 is 0 Å². The highest BCUT2D eigenvalue weighted by Crippen LogP contribution is 2.25. The van der Waals surface area contributed by atoms with Gasteiger partial charge in [0, 0.05) is 12.1 Å². The van der Waals surface area contributed by atoms with Gasteiger partial charge in [0.1, 0.15) is 5.75 Å². The van der Waals surface area contributed by atoms with E-state index in [1.54, 1.807) is 18.5 Å². The molecule has 0 bridgehead atoms. The summed E-state index contributed by atoms with van der Waals surface area (Å²) in [7, 11) is 0. The van der Waals surface area contributed by atoms with Crippen LogP contribution in [0.3, 0.4) is 0 Å². The van der Waals surface area contributed by atoms with Crippen molar-refractivity contribution < 1.29 is 9.53 Å². The van der Waals surface area contributed by atoms with Crippen molar-refractivity contribution in [3.63, 3.8) is 0 Å². The zero-order valence-corrected chi connectivity index (χ0v) is 14.1. The number of H-pyrrole nitrogens is 1. The van der Waals surface area contributed by atoms with Gasteiger partial charge in [-0.15, -0.1) is 0 Å². The monoisotopic (exact) mass is 343 g/mol. The van der Waals surface area contributed by atoms with E-state index in [1.807, 2.05) is 31.2 Å². The highest BCUT2D eigenvalue weighted by atomic mass is 35.5. The van der Waals surface area contributed by atoms with Crippen molar-refractivity contribution >= 4 is 28.5 Å². The Balaban J connectivity index is 1.57. The summed E-state index contributed by atoms with van der Waals surface area (Å²) in [5.41, 5.74) is 3.35. The van der Waals surface area contributed by atoms with E-state index in [4.69, 9.17) is 16.3 Å². The number of amides is 1. The predicted molar refractivity (Wildman–Crippen MR) is 94.8 cm³/mol. The third kappa shape index (κ3) is 3.68. The van der Waals surface area contributed by atoms with Gasteiger partial charge >= 0.3 is 0 Å². The van der Waals surface area contributed by atoms with Gasteiger partial charge < -0.3 is 15.0 Å². The normalized spacial score (nSPS) is 10.8. The number of rotatable bonds is 6. The molecule has 0 fully saturated rings. The maximum absolute atomic E-state index is 12.2. The molecule has 1 amide bonds. The summed E-state index contributed by atoms with van der Waals surface area (Å²) in [4.78, 5) is 19.4. The van der Waals surface area contributed by atoms with Crippen LogP contribution in [0.2, 0.25) is 5.02 Å². The molecule has 2 N–H and O–H groups in total. The van der Waals surface area contributed by atoms with Crippen LogP contribution in [0.15, 0.2) is 42.7 Å². The highest BCUT2D eigenvalue weighted by molar-refractivity contribution is 6.32. The third-order valence-corrected chi connectivity index (χ3v) is 3.97. The fourth-order valence-electron chi connectivity index (χ4n) is 2.47. The summed E-state index contributed by atoms with van der Waals surface area (Å²) in [6.07, 6.45) is 2.31. The van der Waals surface area contributed by atoms with Crippen molar-refractivity contribution in [2.24, 2.45) is 0 Å². The minimum Gasteiger partial charge on any atom is -0.492 e. The van der Waals surface area contributed by atoms with Crippen LogP contribution in [0.5, 0.6) is 5.75 Å². The summed E-state index contributed by atoms with van der Waals surface area (Å²) in [6, 6.07) is 11.1. The number of hydrogen-bond donors (Lipinski definition) is 2. The van der Waals surface area contributed by atoms with E-state index in [9.17, 15) is 4.79 Å². The number of fused-ring (bicyclic) bond motifs is 1.